The van der Waals surface area contributed by atoms with E-state index in [1.165, 1.54) is 16.8 Å². The lowest BCUT2D eigenvalue weighted by atomic mass is 10.1. The molecule has 0 unspecified atom stereocenters. The van der Waals surface area contributed by atoms with E-state index in [4.69, 9.17) is 0 Å². The van der Waals surface area contributed by atoms with Crippen LogP contribution < -0.4 is 4.90 Å². The van der Waals surface area contributed by atoms with Gasteiger partial charge in [0.1, 0.15) is 0 Å². The fourth-order valence-corrected chi connectivity index (χ4v) is 1.44. The molecule has 59 valence electrons. The van der Waals surface area contributed by atoms with E-state index in [1.807, 2.05) is 12.1 Å². The van der Waals surface area contributed by atoms with Crippen molar-refractivity contribution in [2.75, 3.05) is 19.0 Å². The van der Waals surface area contributed by atoms with Crippen LogP contribution >= 0.6 is 0 Å². The second-order valence-electron chi connectivity index (χ2n) is 3.06. The summed E-state index contributed by atoms with van der Waals surface area (Å²) in [4.78, 5) is 2.14. The smallest absolute Gasteiger partial charge is 0.0420 e. The number of nitrogens with zero attached hydrogens (tertiary/aromatic N) is 1. The Balaban J connectivity index is 3.21. The highest BCUT2D eigenvalue weighted by Gasteiger charge is 2.01. The molecular weight excluding hydrogens is 134 g/mol. The number of anilines is 1. The number of rotatable bonds is 1. The van der Waals surface area contributed by atoms with Crippen LogP contribution in [0.2, 0.25) is 0 Å². The Labute approximate surface area is 68.7 Å². The van der Waals surface area contributed by atoms with Gasteiger partial charge in [0.2, 0.25) is 0 Å². The third-order valence-corrected chi connectivity index (χ3v) is 1.79. The summed E-state index contributed by atoms with van der Waals surface area (Å²) in [6.45, 7) is 4.22. The Bertz CT molecular complexity index is 231. The molecule has 1 radical (unpaired) electrons. The van der Waals surface area contributed by atoms with Gasteiger partial charge in [-0.1, -0.05) is 0 Å². The molecule has 0 fully saturated rings. The van der Waals surface area contributed by atoms with E-state index in [0.29, 0.717) is 0 Å². The monoisotopic (exact) mass is 148 g/mol. The van der Waals surface area contributed by atoms with E-state index in [0.717, 1.165) is 0 Å². The van der Waals surface area contributed by atoms with Gasteiger partial charge >= 0.3 is 0 Å². The molecule has 0 saturated carbocycles. The van der Waals surface area contributed by atoms with Gasteiger partial charge in [0.05, 0.1) is 0 Å². The van der Waals surface area contributed by atoms with Crippen molar-refractivity contribution in [3.8, 4) is 0 Å². The van der Waals surface area contributed by atoms with Crippen molar-refractivity contribution in [3.63, 3.8) is 0 Å². The Hall–Kier alpha value is -0.980. The average molecular weight is 148 g/mol. The lowest BCUT2D eigenvalue weighted by Crippen LogP contribution is -2.11. The topological polar surface area (TPSA) is 3.24 Å². The third-order valence-electron chi connectivity index (χ3n) is 1.79. The van der Waals surface area contributed by atoms with Gasteiger partial charge in [-0.05, 0) is 43.2 Å². The van der Waals surface area contributed by atoms with Crippen molar-refractivity contribution in [3.05, 3.63) is 29.3 Å². The third kappa shape index (κ3) is 1.53. The summed E-state index contributed by atoms with van der Waals surface area (Å²) >= 11 is 0. The van der Waals surface area contributed by atoms with E-state index in [2.05, 4.69) is 38.9 Å². The molecule has 0 aliphatic rings. The Morgan fingerprint density at radius 3 is 1.82 bits per heavy atom. The van der Waals surface area contributed by atoms with Crippen molar-refractivity contribution in [2.45, 2.75) is 13.8 Å². The van der Waals surface area contributed by atoms with Crippen LogP contribution in [-0.4, -0.2) is 14.1 Å². The van der Waals surface area contributed by atoms with Crippen molar-refractivity contribution in [1.82, 2.24) is 0 Å². The van der Waals surface area contributed by atoms with E-state index in [-0.39, 0.29) is 0 Å². The maximum absolute atomic E-state index is 3.10. The zero-order valence-corrected chi connectivity index (χ0v) is 7.60. The zero-order chi connectivity index (χ0) is 8.43. The minimum atomic E-state index is 1.29. The first kappa shape index (κ1) is 8.12. The summed E-state index contributed by atoms with van der Waals surface area (Å²) in [6.07, 6.45) is 0. The van der Waals surface area contributed by atoms with Gasteiger partial charge in [0, 0.05) is 19.8 Å². The van der Waals surface area contributed by atoms with Gasteiger partial charge in [0.25, 0.3) is 0 Å². The summed E-state index contributed by atoms with van der Waals surface area (Å²) in [7, 11) is 4.13. The molecule has 0 saturated heterocycles. The number of hydrogen-bond donors (Lipinski definition) is 0. The highest BCUT2D eigenvalue weighted by Crippen LogP contribution is 2.21. The van der Waals surface area contributed by atoms with E-state index in [1.54, 1.807) is 0 Å². The fourth-order valence-electron chi connectivity index (χ4n) is 1.44. The molecule has 0 aromatic heterocycles. The predicted octanol–water partition coefficient (Wildman–Crippen LogP) is 2.17. The summed E-state index contributed by atoms with van der Waals surface area (Å²) in [5.41, 5.74) is 3.88. The molecule has 1 aromatic carbocycles. The van der Waals surface area contributed by atoms with Crippen LogP contribution in [0.15, 0.2) is 12.1 Å². The van der Waals surface area contributed by atoms with Crippen LogP contribution in [0.25, 0.3) is 0 Å². The van der Waals surface area contributed by atoms with Gasteiger partial charge in [-0.15, -0.1) is 0 Å². The number of hydrogen-bond acceptors (Lipinski definition) is 1. The van der Waals surface area contributed by atoms with Gasteiger partial charge in [-0.3, -0.25) is 0 Å². The van der Waals surface area contributed by atoms with Crippen LogP contribution in [0.1, 0.15) is 11.1 Å². The minimum absolute atomic E-state index is 1.29. The van der Waals surface area contributed by atoms with E-state index >= 15 is 0 Å². The Kier molecular flexibility index (Phi) is 2.18. The van der Waals surface area contributed by atoms with Crippen molar-refractivity contribution in [1.29, 1.82) is 0 Å². The highest BCUT2D eigenvalue weighted by molar-refractivity contribution is 5.57. The van der Waals surface area contributed by atoms with Crippen molar-refractivity contribution in [2.24, 2.45) is 0 Å². The van der Waals surface area contributed by atoms with Crippen LogP contribution in [0.4, 0.5) is 5.69 Å². The summed E-state index contributed by atoms with van der Waals surface area (Å²) in [6, 6.07) is 7.13. The SMILES string of the molecule is Cc1c[c]cc(C)c1N(C)C. The van der Waals surface area contributed by atoms with Gasteiger partial charge in [-0.25, -0.2) is 0 Å². The molecule has 0 N–H and O–H groups in total. The normalized spacial score (nSPS) is 9.82. The molecule has 0 bridgehead atoms. The molecule has 0 heterocycles. The maximum atomic E-state index is 3.10. The summed E-state index contributed by atoms with van der Waals surface area (Å²) in [5, 5.41) is 0. The average Bonchev–Trinajstić information content (AvgIpc) is 1.85. The first-order chi connectivity index (χ1) is 5.13. The molecular formula is C10H14N. The first-order valence-corrected chi connectivity index (χ1v) is 3.77. The van der Waals surface area contributed by atoms with Crippen LogP contribution in [0.5, 0.6) is 0 Å². The van der Waals surface area contributed by atoms with Gasteiger partial charge in [0.15, 0.2) is 0 Å². The van der Waals surface area contributed by atoms with Crippen molar-refractivity contribution >= 4 is 5.69 Å². The molecule has 11 heavy (non-hydrogen) atoms. The highest BCUT2D eigenvalue weighted by atomic mass is 15.1. The summed E-state index contributed by atoms with van der Waals surface area (Å²) < 4.78 is 0. The van der Waals surface area contributed by atoms with Crippen LogP contribution in [0, 0.1) is 19.9 Å². The minimum Gasteiger partial charge on any atom is -0.377 e. The molecule has 1 rings (SSSR count). The van der Waals surface area contributed by atoms with Crippen molar-refractivity contribution < 1.29 is 0 Å². The fraction of sp³-hybridized carbons (Fsp3) is 0.400. The molecule has 1 aromatic rings. The number of benzene rings is 1. The Morgan fingerprint density at radius 1 is 1.09 bits per heavy atom. The second-order valence-corrected chi connectivity index (χ2v) is 3.06. The zero-order valence-electron chi connectivity index (χ0n) is 7.60. The lowest BCUT2D eigenvalue weighted by molar-refractivity contribution is 1.10. The first-order valence-electron chi connectivity index (χ1n) is 3.77. The number of aryl methyl sites for hydroxylation is 2. The molecule has 0 amide bonds. The molecule has 1 heteroatoms. The van der Waals surface area contributed by atoms with Gasteiger partial charge in [-0.2, -0.15) is 0 Å². The van der Waals surface area contributed by atoms with E-state index in [9.17, 15) is 0 Å². The molecule has 0 aliphatic heterocycles. The molecule has 0 spiro atoms. The maximum Gasteiger partial charge on any atom is 0.0420 e. The van der Waals surface area contributed by atoms with Crippen LogP contribution in [-0.2, 0) is 0 Å². The Morgan fingerprint density at radius 2 is 1.55 bits per heavy atom. The molecule has 1 nitrogen and oxygen atoms in total. The molecule has 0 aliphatic carbocycles. The van der Waals surface area contributed by atoms with Gasteiger partial charge < -0.3 is 4.90 Å². The van der Waals surface area contributed by atoms with Crippen LogP contribution in [0.3, 0.4) is 0 Å². The lowest BCUT2D eigenvalue weighted by Gasteiger charge is -2.17. The largest absolute Gasteiger partial charge is 0.377 e. The predicted molar refractivity (Wildman–Crippen MR) is 49.1 cm³/mol. The van der Waals surface area contributed by atoms with E-state index < -0.39 is 0 Å². The second kappa shape index (κ2) is 2.95. The summed E-state index contributed by atoms with van der Waals surface area (Å²) in [5.74, 6) is 0. The molecule has 0 atom stereocenters. The standard InChI is InChI=1S/C10H14N/c1-8-6-5-7-9(2)10(8)11(3)4/h6-7H,1-4H3. The quantitative estimate of drug-likeness (QED) is 0.590.